The average molecular weight is 842 g/mol. The molecule has 1 aliphatic heterocycles. The van der Waals surface area contributed by atoms with Crippen LogP contribution in [0.25, 0.3) is 0 Å². The first kappa shape index (κ1) is 40.5. The topological polar surface area (TPSA) is 257 Å². The number of nitro benzene ring substituents is 2. The first-order valence-electron chi connectivity index (χ1n) is 13.2. The molecule has 1 unspecified atom stereocenters. The average Bonchev–Trinajstić information content (AvgIpc) is 3.29. The minimum Gasteiger partial charge on any atom is -0.465 e. The molecule has 49 heavy (non-hydrogen) atoms. The van der Waals surface area contributed by atoms with E-state index in [1.165, 1.54) is 43.1 Å². The number of carboxylic acid groups (broad SMARTS) is 1. The van der Waals surface area contributed by atoms with Crippen LogP contribution in [0, 0.1) is 20.2 Å². The third kappa shape index (κ3) is 11.5. The zero-order valence-corrected chi connectivity index (χ0v) is 30.1. The van der Waals surface area contributed by atoms with E-state index in [4.69, 9.17) is 14.6 Å². The Labute approximate surface area is 300 Å². The molecule has 0 aliphatic carbocycles. The van der Waals surface area contributed by atoms with E-state index in [0.717, 1.165) is 26.1 Å². The molecule has 4 aromatic carbocycles. The van der Waals surface area contributed by atoms with Crippen LogP contribution in [-0.4, -0.2) is 44.2 Å². The Morgan fingerprint density at radius 1 is 0.898 bits per heavy atom. The molecule has 0 bridgehead atoms. The summed E-state index contributed by atoms with van der Waals surface area (Å²) >= 11 is 8.12. The van der Waals surface area contributed by atoms with Gasteiger partial charge in [0.1, 0.15) is 0 Å². The molecule has 258 valence electrons. The highest BCUT2D eigenvalue weighted by molar-refractivity contribution is 9.10. The molecule has 19 heteroatoms. The summed E-state index contributed by atoms with van der Waals surface area (Å²) in [6.45, 7) is 0. The fraction of sp³-hybridized carbons (Fsp3) is 0.100. The lowest BCUT2D eigenvalue weighted by atomic mass is 10.2. The lowest BCUT2D eigenvalue weighted by molar-refractivity contribution is -0.385. The number of carbonyl (C=O) groups is 3. The number of non-ortho nitro benzene ring substituents is 2. The number of halogens is 2. The molecule has 5 rings (SSSR count). The van der Waals surface area contributed by atoms with Crippen LogP contribution >= 0.6 is 43.6 Å². The molecule has 6 N–H and O–H groups in total. The van der Waals surface area contributed by atoms with Gasteiger partial charge in [0.15, 0.2) is 0 Å². The Hall–Kier alpha value is -4.69. The van der Waals surface area contributed by atoms with Gasteiger partial charge in [0, 0.05) is 43.9 Å². The minimum absolute atomic E-state index is 0. The molecule has 0 saturated carbocycles. The molecular formula is C30H27Br2N5O10S2. The number of fused-ring (bicyclic) bond motifs is 1. The van der Waals surface area contributed by atoms with Crippen molar-refractivity contribution >= 4 is 82.7 Å². The molecule has 0 fully saturated rings. The predicted molar refractivity (Wildman–Crippen MR) is 189 cm³/mol. The molecule has 0 spiro atoms. The molecule has 1 atom stereocenters. The highest BCUT2D eigenvalue weighted by atomic mass is 79.9. The van der Waals surface area contributed by atoms with Gasteiger partial charge < -0.3 is 21.7 Å². The van der Waals surface area contributed by atoms with Crippen LogP contribution in [0.3, 0.4) is 0 Å². The van der Waals surface area contributed by atoms with Crippen molar-refractivity contribution in [2.45, 2.75) is 21.3 Å². The van der Waals surface area contributed by atoms with Gasteiger partial charge in [-0.1, -0.05) is 56.1 Å². The van der Waals surface area contributed by atoms with Crippen molar-refractivity contribution in [3.8, 4) is 0 Å². The van der Waals surface area contributed by atoms with E-state index in [2.05, 4.69) is 42.0 Å². The molecule has 0 radical (unpaired) electrons. The highest BCUT2D eigenvalue weighted by Crippen LogP contribution is 2.33. The lowest BCUT2D eigenvalue weighted by Crippen LogP contribution is -2.04. The van der Waals surface area contributed by atoms with E-state index in [9.17, 15) is 34.0 Å². The molecule has 0 saturated heterocycles. The van der Waals surface area contributed by atoms with Gasteiger partial charge in [-0.05, 0) is 47.5 Å². The van der Waals surface area contributed by atoms with Crippen molar-refractivity contribution in [1.29, 1.82) is 0 Å². The zero-order valence-electron chi connectivity index (χ0n) is 25.3. The minimum atomic E-state index is -2.93. The lowest BCUT2D eigenvalue weighted by Gasteiger charge is -2.08. The van der Waals surface area contributed by atoms with Gasteiger partial charge in [0.2, 0.25) is 0 Å². The van der Waals surface area contributed by atoms with E-state index in [1.807, 2.05) is 36.4 Å². The normalized spacial score (nSPS) is 13.9. The smallest absolute Gasteiger partial charge is 0.402 e. The summed E-state index contributed by atoms with van der Waals surface area (Å²) in [5.41, 5.74) is 5.80. The van der Waals surface area contributed by atoms with Crippen LogP contribution in [0.4, 0.5) is 16.2 Å². The van der Waals surface area contributed by atoms with Crippen molar-refractivity contribution in [3.05, 3.63) is 136 Å². The van der Waals surface area contributed by atoms with Crippen molar-refractivity contribution < 1.29 is 38.3 Å². The summed E-state index contributed by atoms with van der Waals surface area (Å²) in [6, 6.07) is 23.0. The highest BCUT2D eigenvalue weighted by Gasteiger charge is 2.31. The van der Waals surface area contributed by atoms with Gasteiger partial charge in [0.05, 0.1) is 48.5 Å². The Morgan fingerprint density at radius 2 is 1.39 bits per heavy atom. The van der Waals surface area contributed by atoms with Gasteiger partial charge in [-0.3, -0.25) is 25.0 Å². The Morgan fingerprint density at radius 3 is 1.90 bits per heavy atom. The number of benzene rings is 4. The van der Waals surface area contributed by atoms with E-state index >= 15 is 0 Å². The number of hydrogen-bond acceptors (Lipinski definition) is 11. The summed E-state index contributed by atoms with van der Waals surface area (Å²) in [6.07, 6.45) is -1.33. The van der Waals surface area contributed by atoms with Gasteiger partial charge in [-0.15, -0.1) is 11.8 Å². The monoisotopic (exact) mass is 839 g/mol. The maximum atomic E-state index is 13.0. The summed E-state index contributed by atoms with van der Waals surface area (Å²) in [5, 5.41) is 28.8. The second kappa shape index (κ2) is 18.2. The molecule has 4 aromatic rings. The van der Waals surface area contributed by atoms with Crippen LogP contribution < -0.4 is 11.9 Å². The van der Waals surface area contributed by atoms with E-state index in [0.29, 0.717) is 10.6 Å². The van der Waals surface area contributed by atoms with Crippen molar-refractivity contribution in [3.63, 3.8) is 0 Å². The van der Waals surface area contributed by atoms with Crippen LogP contribution in [0.15, 0.2) is 108 Å². The van der Waals surface area contributed by atoms with Crippen molar-refractivity contribution in [1.82, 2.24) is 6.15 Å². The number of ether oxygens (including phenoxy) is 1. The SMILES string of the molecule is COC(=O)c1cc([N+](=O)[O-])ccc1SCc1ccc(Br)cc1.N.NC(=O)O.O=C1N=S(=O)(Cc2ccc(Br)cc2)c2ccc([N+](=O)[O-])cc21. The Balaban J connectivity index is 0.000000301. The maximum absolute atomic E-state index is 13.0. The summed E-state index contributed by atoms with van der Waals surface area (Å²) in [7, 11) is -1.68. The second-order valence-corrected chi connectivity index (χ2v) is 14.5. The number of thioether (sulfide) groups is 1. The Kier molecular flexibility index (Phi) is 15.0. The van der Waals surface area contributed by atoms with E-state index in [-0.39, 0.29) is 39.3 Å². The third-order valence-electron chi connectivity index (χ3n) is 6.14. The van der Waals surface area contributed by atoms with Gasteiger partial charge in [-0.25, -0.2) is 13.8 Å². The standard InChI is InChI=1S/C15H12BrNO4S.C14H9BrN2O4S.CH3NO2.H3N/c1-21-15(18)13-8-12(17(19)20)6-7-14(13)22-9-10-2-4-11(16)5-3-10;15-10-3-1-9(2-4-10)8-22(21)13-6-5-11(17(19)20)7-12(13)14(18)16-22;2-1(3)4;/h2-8H,9H2,1H3;1-7H,8H2;2H2,(H,3,4);1H3. The molecule has 1 heterocycles. The fourth-order valence-corrected chi connectivity index (χ4v) is 7.60. The number of nitrogens with zero attached hydrogens (tertiary/aromatic N) is 3. The first-order chi connectivity index (χ1) is 22.6. The quantitative estimate of drug-likeness (QED) is 0.0666. The molecule has 1 aliphatic rings. The summed E-state index contributed by atoms with van der Waals surface area (Å²) in [5.74, 6) is -0.505. The molecular weight excluding hydrogens is 814 g/mol. The molecule has 15 nitrogen and oxygen atoms in total. The third-order valence-corrected chi connectivity index (χ3v) is 10.6. The van der Waals surface area contributed by atoms with Crippen molar-refractivity contribution in [2.75, 3.05) is 7.11 Å². The number of nitro groups is 2. The fourth-order valence-electron chi connectivity index (χ4n) is 3.99. The first-order valence-corrected chi connectivity index (χ1v) is 17.4. The largest absolute Gasteiger partial charge is 0.465 e. The van der Waals surface area contributed by atoms with Crippen LogP contribution in [-0.2, 0) is 26.0 Å². The number of amides is 2. The predicted octanol–water partition coefficient (Wildman–Crippen LogP) is 7.76. The van der Waals surface area contributed by atoms with Crippen LogP contribution in [0.1, 0.15) is 31.8 Å². The number of primary amides is 1. The number of hydrogen-bond donors (Lipinski definition) is 3. The summed E-state index contributed by atoms with van der Waals surface area (Å²) < 4.78 is 23.3. The molecule has 2 amide bonds. The Bertz CT molecular complexity index is 2000. The maximum Gasteiger partial charge on any atom is 0.402 e. The number of rotatable bonds is 8. The van der Waals surface area contributed by atoms with Crippen LogP contribution in [0.2, 0.25) is 0 Å². The van der Waals surface area contributed by atoms with Gasteiger partial charge >= 0.3 is 12.1 Å². The van der Waals surface area contributed by atoms with Crippen LogP contribution in [0.5, 0.6) is 0 Å². The van der Waals surface area contributed by atoms with Gasteiger partial charge in [0.25, 0.3) is 17.3 Å². The number of carbonyl (C=O) groups excluding carboxylic acids is 2. The number of methoxy groups -OCH3 is 1. The number of esters is 1. The van der Waals surface area contributed by atoms with Crippen molar-refractivity contribution in [2.24, 2.45) is 10.1 Å². The van der Waals surface area contributed by atoms with E-state index in [1.54, 1.807) is 18.2 Å². The number of nitrogens with two attached hydrogens (primary N) is 1. The molecule has 0 aromatic heterocycles. The zero-order chi connectivity index (χ0) is 35.6. The summed E-state index contributed by atoms with van der Waals surface area (Å²) in [4.78, 5) is 53.9. The second-order valence-electron chi connectivity index (χ2n) is 9.43. The van der Waals surface area contributed by atoms with E-state index < -0.39 is 37.5 Å². The van der Waals surface area contributed by atoms with Gasteiger partial charge in [-0.2, -0.15) is 4.36 Å².